The summed E-state index contributed by atoms with van der Waals surface area (Å²) in [6.45, 7) is 4.11. The second kappa shape index (κ2) is 8.03. The summed E-state index contributed by atoms with van der Waals surface area (Å²) in [6, 6.07) is 13.0. The summed E-state index contributed by atoms with van der Waals surface area (Å²) in [7, 11) is 3.42. The third-order valence-electron chi connectivity index (χ3n) is 4.49. The number of methoxy groups -OCH3 is 1. The average molecular weight is 364 g/mol. The summed E-state index contributed by atoms with van der Waals surface area (Å²) >= 11 is 0. The Morgan fingerprint density at radius 3 is 2.26 bits per heavy atom. The van der Waals surface area contributed by atoms with Crippen molar-refractivity contribution in [3.05, 3.63) is 77.4 Å². The highest BCUT2D eigenvalue weighted by atomic mass is 16.5. The normalized spacial score (nSPS) is 12.0. The van der Waals surface area contributed by atoms with E-state index in [4.69, 9.17) is 4.74 Å². The number of rotatable bonds is 6. The number of carbonyl (C=O) groups excluding carboxylic acids is 1. The van der Waals surface area contributed by atoms with E-state index in [1.807, 2.05) is 42.5 Å². The smallest absolute Gasteiger partial charge is 0.270 e. The summed E-state index contributed by atoms with van der Waals surface area (Å²) in [5, 5.41) is 7.56. The predicted octanol–water partition coefficient (Wildman–Crippen LogP) is 3.47. The summed E-state index contributed by atoms with van der Waals surface area (Å²) in [5.74, 6) is 0.858. The molecule has 0 aliphatic carbocycles. The maximum atomic E-state index is 13.0. The van der Waals surface area contributed by atoms with E-state index in [1.165, 1.54) is 0 Å². The van der Waals surface area contributed by atoms with Crippen LogP contribution in [0, 0.1) is 0 Å². The van der Waals surface area contributed by atoms with Crippen molar-refractivity contribution in [2.24, 2.45) is 7.05 Å². The van der Waals surface area contributed by atoms with Crippen LogP contribution in [-0.2, 0) is 7.05 Å². The van der Waals surface area contributed by atoms with Crippen LogP contribution in [0.5, 0.6) is 5.75 Å². The lowest BCUT2D eigenvalue weighted by Gasteiger charge is -2.20. The van der Waals surface area contributed by atoms with E-state index in [0.29, 0.717) is 5.69 Å². The second-order valence-electron chi connectivity index (χ2n) is 6.69. The summed E-state index contributed by atoms with van der Waals surface area (Å²) in [4.78, 5) is 17.0. The first-order valence-corrected chi connectivity index (χ1v) is 8.88. The van der Waals surface area contributed by atoms with Crippen LogP contribution < -0.4 is 10.1 Å². The predicted molar refractivity (Wildman–Crippen MR) is 104 cm³/mol. The lowest BCUT2D eigenvalue weighted by Crippen LogP contribution is -2.30. The van der Waals surface area contributed by atoms with Crippen LogP contribution >= 0.6 is 0 Å². The molecule has 0 fully saturated rings. The van der Waals surface area contributed by atoms with Gasteiger partial charge in [-0.1, -0.05) is 26.0 Å². The molecule has 2 heterocycles. The van der Waals surface area contributed by atoms with Crippen molar-refractivity contribution >= 4 is 5.91 Å². The van der Waals surface area contributed by atoms with Gasteiger partial charge in [-0.15, -0.1) is 0 Å². The highest BCUT2D eigenvalue weighted by molar-refractivity contribution is 5.93. The molecular weight excluding hydrogens is 340 g/mol. The van der Waals surface area contributed by atoms with E-state index in [9.17, 15) is 4.79 Å². The van der Waals surface area contributed by atoms with Crippen LogP contribution in [0.2, 0.25) is 0 Å². The monoisotopic (exact) mass is 364 g/mol. The molecule has 0 unspecified atom stereocenters. The Morgan fingerprint density at radius 1 is 1.07 bits per heavy atom. The van der Waals surface area contributed by atoms with Crippen molar-refractivity contribution in [2.45, 2.75) is 25.8 Å². The maximum Gasteiger partial charge on any atom is 0.270 e. The molecule has 6 heteroatoms. The number of aryl methyl sites for hydroxylation is 1. The fourth-order valence-electron chi connectivity index (χ4n) is 2.90. The number of nitrogens with one attached hydrogen (secondary N) is 1. The minimum atomic E-state index is -0.302. The van der Waals surface area contributed by atoms with E-state index >= 15 is 0 Å². The number of aromatic nitrogens is 3. The molecule has 6 nitrogen and oxygen atoms in total. The Bertz CT molecular complexity index is 902. The van der Waals surface area contributed by atoms with Crippen LogP contribution in [0.25, 0.3) is 0 Å². The summed E-state index contributed by atoms with van der Waals surface area (Å²) < 4.78 is 6.86. The van der Waals surface area contributed by atoms with Gasteiger partial charge in [0, 0.05) is 19.4 Å². The number of hydrogen-bond acceptors (Lipinski definition) is 4. The standard InChI is InChI=1S/C21H24N4O2/c1-14(2)18-13-19(25(3)24-18)21(26)23-20(16-9-11-22-12-10-16)15-5-7-17(27-4)8-6-15/h5-14,20H,1-4H3,(H,23,26)/t20-/m0/s1. The van der Waals surface area contributed by atoms with Gasteiger partial charge in [-0.25, -0.2) is 0 Å². The third-order valence-corrected chi connectivity index (χ3v) is 4.49. The quantitative estimate of drug-likeness (QED) is 0.727. The Hall–Kier alpha value is -3.15. The number of amides is 1. The lowest BCUT2D eigenvalue weighted by atomic mass is 9.99. The van der Waals surface area contributed by atoms with Gasteiger partial charge < -0.3 is 10.1 Å². The van der Waals surface area contributed by atoms with E-state index in [2.05, 4.69) is 29.2 Å². The fourth-order valence-corrected chi connectivity index (χ4v) is 2.90. The molecule has 0 aliphatic rings. The third kappa shape index (κ3) is 4.16. The van der Waals surface area contributed by atoms with Crippen molar-refractivity contribution in [1.82, 2.24) is 20.1 Å². The first-order valence-electron chi connectivity index (χ1n) is 8.88. The molecule has 27 heavy (non-hydrogen) atoms. The van der Waals surface area contributed by atoms with Gasteiger partial charge >= 0.3 is 0 Å². The van der Waals surface area contributed by atoms with Crippen molar-refractivity contribution in [3.63, 3.8) is 0 Å². The molecule has 1 amide bonds. The average Bonchev–Trinajstić information content (AvgIpc) is 3.09. The Labute approximate surface area is 159 Å². The Balaban J connectivity index is 1.92. The molecule has 1 atom stereocenters. The minimum absolute atomic E-state index is 0.172. The first kappa shape index (κ1) is 18.6. The van der Waals surface area contributed by atoms with Crippen molar-refractivity contribution in [2.75, 3.05) is 7.11 Å². The molecule has 0 saturated carbocycles. The maximum absolute atomic E-state index is 13.0. The molecule has 2 aromatic heterocycles. The number of pyridine rings is 1. The molecule has 3 rings (SSSR count). The zero-order chi connectivity index (χ0) is 19.4. The van der Waals surface area contributed by atoms with Gasteiger partial charge in [0.25, 0.3) is 5.91 Å². The number of carbonyl (C=O) groups is 1. The van der Waals surface area contributed by atoms with Crippen molar-refractivity contribution in [1.29, 1.82) is 0 Å². The highest BCUT2D eigenvalue weighted by Crippen LogP contribution is 2.24. The molecule has 0 aliphatic heterocycles. The fraction of sp³-hybridized carbons (Fsp3) is 0.286. The second-order valence-corrected chi connectivity index (χ2v) is 6.69. The lowest BCUT2D eigenvalue weighted by molar-refractivity contribution is 0.0933. The van der Waals surface area contributed by atoms with Gasteiger partial charge in [-0.3, -0.25) is 14.5 Å². The van der Waals surface area contributed by atoms with E-state index in [0.717, 1.165) is 22.6 Å². The summed E-state index contributed by atoms with van der Waals surface area (Å²) in [5.41, 5.74) is 3.34. The van der Waals surface area contributed by atoms with Crippen molar-refractivity contribution in [3.8, 4) is 5.75 Å². The van der Waals surface area contributed by atoms with Gasteiger partial charge in [0.1, 0.15) is 11.4 Å². The molecule has 0 spiro atoms. The van der Waals surface area contributed by atoms with Crippen LogP contribution in [0.1, 0.15) is 53.1 Å². The van der Waals surface area contributed by atoms with Crippen LogP contribution in [-0.4, -0.2) is 27.8 Å². The van der Waals surface area contributed by atoms with E-state index in [1.54, 1.807) is 31.2 Å². The highest BCUT2D eigenvalue weighted by Gasteiger charge is 2.21. The zero-order valence-corrected chi connectivity index (χ0v) is 16.0. The Morgan fingerprint density at radius 2 is 1.70 bits per heavy atom. The van der Waals surface area contributed by atoms with Crippen LogP contribution in [0.4, 0.5) is 0 Å². The molecule has 0 radical (unpaired) electrons. The molecule has 140 valence electrons. The molecule has 1 aromatic carbocycles. The topological polar surface area (TPSA) is 69.0 Å². The molecular formula is C21H24N4O2. The zero-order valence-electron chi connectivity index (χ0n) is 16.0. The molecule has 1 N–H and O–H groups in total. The van der Waals surface area contributed by atoms with Gasteiger partial charge in [0.15, 0.2) is 0 Å². The van der Waals surface area contributed by atoms with Crippen LogP contribution in [0.15, 0.2) is 54.9 Å². The first-order chi connectivity index (χ1) is 13.0. The minimum Gasteiger partial charge on any atom is -0.497 e. The van der Waals surface area contributed by atoms with Gasteiger partial charge in [-0.2, -0.15) is 5.10 Å². The van der Waals surface area contributed by atoms with Crippen molar-refractivity contribution < 1.29 is 9.53 Å². The molecule has 3 aromatic rings. The number of hydrogen-bond donors (Lipinski definition) is 1. The molecule has 0 bridgehead atoms. The Kier molecular flexibility index (Phi) is 5.54. The van der Waals surface area contributed by atoms with Gasteiger partial charge in [0.05, 0.1) is 18.8 Å². The van der Waals surface area contributed by atoms with Gasteiger partial charge in [-0.05, 0) is 47.4 Å². The van der Waals surface area contributed by atoms with Gasteiger partial charge in [0.2, 0.25) is 0 Å². The number of benzene rings is 1. The number of ether oxygens (including phenoxy) is 1. The SMILES string of the molecule is COc1ccc([C@H](NC(=O)c2cc(C(C)C)nn2C)c2ccncc2)cc1. The summed E-state index contributed by atoms with van der Waals surface area (Å²) in [6.07, 6.45) is 3.44. The van der Waals surface area contributed by atoms with E-state index < -0.39 is 0 Å². The molecule has 0 saturated heterocycles. The van der Waals surface area contributed by atoms with Crippen LogP contribution in [0.3, 0.4) is 0 Å². The largest absolute Gasteiger partial charge is 0.497 e. The van der Waals surface area contributed by atoms with E-state index in [-0.39, 0.29) is 17.9 Å². The number of nitrogens with zero attached hydrogens (tertiary/aromatic N) is 3.